The zero-order valence-corrected chi connectivity index (χ0v) is 14.9. The number of methoxy groups -OCH3 is 1. The van der Waals surface area contributed by atoms with Crippen molar-refractivity contribution in [2.45, 2.75) is 11.4 Å². The van der Waals surface area contributed by atoms with Crippen molar-refractivity contribution in [3.63, 3.8) is 0 Å². The standard InChI is InChI=1S/C18H17N3O4S/c1-3-4-5-8-11-25-18-19-16(12-17(20-18)24-2)21-13-14-9-6-7-10-15(14)26(21,22)23/h3-12H,1,13H2,2H3/b5-4-,11-8+. The topological polar surface area (TPSA) is 81.6 Å². The molecule has 0 atom stereocenters. The van der Waals surface area contributed by atoms with Crippen LogP contribution in [0.1, 0.15) is 5.56 Å². The Bertz CT molecular complexity index is 984. The predicted octanol–water partition coefficient (Wildman–Crippen LogP) is 2.83. The summed E-state index contributed by atoms with van der Waals surface area (Å²) in [5.41, 5.74) is 0.710. The molecular weight excluding hydrogens is 354 g/mol. The van der Waals surface area contributed by atoms with Gasteiger partial charge in [-0.05, 0) is 17.7 Å². The lowest BCUT2D eigenvalue weighted by Crippen LogP contribution is -2.25. The van der Waals surface area contributed by atoms with Crippen LogP contribution in [0.3, 0.4) is 0 Å². The quantitative estimate of drug-likeness (QED) is 0.574. The number of nitrogens with zero attached hydrogens (tertiary/aromatic N) is 3. The molecule has 1 aromatic carbocycles. The van der Waals surface area contributed by atoms with Crippen molar-refractivity contribution in [3.8, 4) is 11.9 Å². The minimum absolute atomic E-state index is 0.0197. The van der Waals surface area contributed by atoms with E-state index in [1.807, 2.05) is 0 Å². The number of sulfonamides is 1. The Morgan fingerprint density at radius 1 is 1.19 bits per heavy atom. The summed E-state index contributed by atoms with van der Waals surface area (Å²) >= 11 is 0. The summed E-state index contributed by atoms with van der Waals surface area (Å²) in [6, 6.07) is 8.28. The Kier molecular flexibility index (Phi) is 5.04. The van der Waals surface area contributed by atoms with Crippen LogP contribution in [0.5, 0.6) is 11.9 Å². The van der Waals surface area contributed by atoms with Crippen LogP contribution in [0, 0.1) is 0 Å². The maximum atomic E-state index is 12.8. The fourth-order valence-corrected chi connectivity index (χ4v) is 4.01. The van der Waals surface area contributed by atoms with Crippen molar-refractivity contribution in [2.24, 2.45) is 0 Å². The van der Waals surface area contributed by atoms with Crippen molar-refractivity contribution in [3.05, 3.63) is 73.0 Å². The van der Waals surface area contributed by atoms with Crippen LogP contribution < -0.4 is 13.8 Å². The van der Waals surface area contributed by atoms with Gasteiger partial charge in [-0.25, -0.2) is 12.7 Å². The number of rotatable bonds is 6. The Hall–Kier alpha value is -3.13. The molecule has 1 aliphatic rings. The van der Waals surface area contributed by atoms with E-state index < -0.39 is 10.0 Å². The number of allylic oxidation sites excluding steroid dienone is 4. The molecule has 0 bridgehead atoms. The van der Waals surface area contributed by atoms with E-state index in [9.17, 15) is 8.42 Å². The van der Waals surface area contributed by atoms with Gasteiger partial charge in [0.05, 0.1) is 24.8 Å². The molecule has 26 heavy (non-hydrogen) atoms. The summed E-state index contributed by atoms with van der Waals surface area (Å²) in [5.74, 6) is 0.379. The fourth-order valence-electron chi connectivity index (χ4n) is 2.41. The highest BCUT2D eigenvalue weighted by atomic mass is 32.2. The van der Waals surface area contributed by atoms with Crippen LogP contribution in [0.25, 0.3) is 0 Å². The monoisotopic (exact) mass is 371 g/mol. The van der Waals surface area contributed by atoms with E-state index in [0.29, 0.717) is 5.56 Å². The molecule has 3 rings (SSSR count). The van der Waals surface area contributed by atoms with Crippen LogP contribution >= 0.6 is 0 Å². The van der Waals surface area contributed by atoms with Crippen molar-refractivity contribution in [1.29, 1.82) is 0 Å². The lowest BCUT2D eigenvalue weighted by atomic mass is 10.2. The molecule has 7 nitrogen and oxygen atoms in total. The highest BCUT2D eigenvalue weighted by Crippen LogP contribution is 2.35. The molecule has 134 valence electrons. The van der Waals surface area contributed by atoms with Crippen LogP contribution in [0.15, 0.2) is 72.4 Å². The van der Waals surface area contributed by atoms with E-state index in [1.54, 1.807) is 48.6 Å². The SMILES string of the molecule is C=C/C=C\C=C\Oc1nc(OC)cc(N2Cc3ccccc3S2(=O)=O)n1. The number of anilines is 1. The number of hydrogen-bond acceptors (Lipinski definition) is 6. The largest absolute Gasteiger partial charge is 0.481 e. The smallest absolute Gasteiger partial charge is 0.326 e. The number of aromatic nitrogens is 2. The summed E-state index contributed by atoms with van der Waals surface area (Å²) < 4.78 is 37.3. The predicted molar refractivity (Wildman–Crippen MR) is 97.5 cm³/mol. The lowest BCUT2D eigenvalue weighted by molar-refractivity contribution is 0.376. The van der Waals surface area contributed by atoms with Crippen molar-refractivity contribution >= 4 is 15.8 Å². The molecule has 0 amide bonds. The Labute approximate surface area is 152 Å². The molecule has 2 heterocycles. The molecule has 0 aliphatic carbocycles. The van der Waals surface area contributed by atoms with Gasteiger partial charge >= 0.3 is 6.01 Å². The molecule has 0 spiro atoms. The van der Waals surface area contributed by atoms with Crippen LogP contribution in [-0.2, 0) is 16.6 Å². The first-order chi connectivity index (χ1) is 12.6. The normalized spacial score (nSPS) is 15.3. The minimum atomic E-state index is -3.68. The molecule has 0 saturated carbocycles. The van der Waals surface area contributed by atoms with Gasteiger partial charge < -0.3 is 9.47 Å². The third-order valence-corrected chi connectivity index (χ3v) is 5.45. The highest BCUT2D eigenvalue weighted by Gasteiger charge is 2.35. The second-order valence-electron chi connectivity index (χ2n) is 5.24. The number of ether oxygens (including phenoxy) is 2. The maximum Gasteiger partial charge on any atom is 0.326 e. The van der Waals surface area contributed by atoms with Gasteiger partial charge in [0, 0.05) is 6.07 Å². The van der Waals surface area contributed by atoms with Gasteiger partial charge in [-0.1, -0.05) is 43.0 Å². The van der Waals surface area contributed by atoms with Crippen molar-refractivity contribution in [1.82, 2.24) is 9.97 Å². The molecule has 0 unspecified atom stereocenters. The van der Waals surface area contributed by atoms with Gasteiger partial charge in [0.25, 0.3) is 10.0 Å². The Morgan fingerprint density at radius 2 is 2.00 bits per heavy atom. The molecule has 1 aromatic heterocycles. The first kappa shape index (κ1) is 17.7. The van der Waals surface area contributed by atoms with Gasteiger partial charge in [0.1, 0.15) is 0 Å². The average Bonchev–Trinajstić information content (AvgIpc) is 2.92. The average molecular weight is 371 g/mol. The maximum absolute atomic E-state index is 12.8. The Balaban J connectivity index is 1.93. The van der Waals surface area contributed by atoms with Gasteiger partial charge in [-0.3, -0.25) is 0 Å². The highest BCUT2D eigenvalue weighted by molar-refractivity contribution is 7.93. The molecule has 0 saturated heterocycles. The van der Waals surface area contributed by atoms with Gasteiger partial charge in [-0.2, -0.15) is 9.97 Å². The summed E-state index contributed by atoms with van der Waals surface area (Å²) in [4.78, 5) is 8.54. The van der Waals surface area contributed by atoms with Gasteiger partial charge in [-0.15, -0.1) is 0 Å². The third kappa shape index (κ3) is 3.45. The summed E-state index contributed by atoms with van der Waals surface area (Å²) in [7, 11) is -2.25. The number of hydrogen-bond donors (Lipinski definition) is 0. The van der Waals surface area contributed by atoms with Gasteiger partial charge in [0.15, 0.2) is 5.82 Å². The van der Waals surface area contributed by atoms with Crippen molar-refractivity contribution in [2.75, 3.05) is 11.4 Å². The van der Waals surface area contributed by atoms with Crippen LogP contribution in [0.2, 0.25) is 0 Å². The third-order valence-electron chi connectivity index (χ3n) is 3.60. The first-order valence-corrected chi connectivity index (χ1v) is 9.15. The van der Waals surface area contributed by atoms with Crippen LogP contribution in [-0.4, -0.2) is 25.5 Å². The molecule has 0 fully saturated rings. The van der Waals surface area contributed by atoms with Crippen LogP contribution in [0.4, 0.5) is 5.82 Å². The van der Waals surface area contributed by atoms with E-state index in [1.165, 1.54) is 23.7 Å². The minimum Gasteiger partial charge on any atom is -0.481 e. The van der Waals surface area contributed by atoms with E-state index >= 15 is 0 Å². The first-order valence-electron chi connectivity index (χ1n) is 7.71. The van der Waals surface area contributed by atoms with Gasteiger partial charge in [0.2, 0.25) is 5.88 Å². The molecule has 0 radical (unpaired) electrons. The second kappa shape index (κ2) is 7.40. The molecule has 2 aromatic rings. The molecule has 1 aliphatic heterocycles. The number of fused-ring (bicyclic) bond motifs is 1. The second-order valence-corrected chi connectivity index (χ2v) is 7.07. The molecule has 0 N–H and O–H groups in total. The zero-order chi connectivity index (χ0) is 18.6. The van der Waals surface area contributed by atoms with E-state index in [0.717, 1.165) is 0 Å². The number of benzene rings is 1. The molecular formula is C18H17N3O4S. The summed E-state index contributed by atoms with van der Waals surface area (Å²) in [6.07, 6.45) is 8.08. The summed E-state index contributed by atoms with van der Waals surface area (Å²) in [6.45, 7) is 3.75. The lowest BCUT2D eigenvalue weighted by Gasteiger charge is -2.16. The van der Waals surface area contributed by atoms with E-state index in [2.05, 4.69) is 16.5 Å². The van der Waals surface area contributed by atoms with E-state index in [4.69, 9.17) is 9.47 Å². The summed E-state index contributed by atoms with van der Waals surface area (Å²) in [5, 5.41) is 0. The van der Waals surface area contributed by atoms with E-state index in [-0.39, 0.29) is 29.1 Å². The Morgan fingerprint density at radius 3 is 2.73 bits per heavy atom. The fraction of sp³-hybridized carbons (Fsp3) is 0.111. The van der Waals surface area contributed by atoms with Crippen molar-refractivity contribution < 1.29 is 17.9 Å². The zero-order valence-electron chi connectivity index (χ0n) is 14.1. The molecule has 8 heteroatoms.